The van der Waals surface area contributed by atoms with Crippen molar-refractivity contribution in [2.75, 3.05) is 0 Å². The Bertz CT molecular complexity index is 1360. The van der Waals surface area contributed by atoms with E-state index in [0.717, 1.165) is 22.3 Å². The molecule has 4 aromatic carbocycles. The number of hydrogen-bond acceptors (Lipinski definition) is 5. The highest BCUT2D eigenvalue weighted by atomic mass is 32.2. The van der Waals surface area contributed by atoms with Crippen LogP contribution in [0, 0.1) is 24.0 Å². The highest BCUT2D eigenvalue weighted by Crippen LogP contribution is 2.51. The summed E-state index contributed by atoms with van der Waals surface area (Å²) < 4.78 is 0. The largest absolute Gasteiger partial charge is 0.293 e. The first-order chi connectivity index (χ1) is 18.8. The molecule has 1 aliphatic rings. The van der Waals surface area contributed by atoms with E-state index in [4.69, 9.17) is 0 Å². The Hall–Kier alpha value is -4.03. The number of hydrogen-bond donors (Lipinski definition) is 0. The number of carbonyl (C=O) groups is 2. The molecule has 0 aromatic heterocycles. The minimum Gasteiger partial charge on any atom is -0.293 e. The average Bonchev–Trinajstić information content (AvgIpc) is 2.97. The van der Waals surface area contributed by atoms with Crippen LogP contribution < -0.4 is 0 Å². The molecule has 5 nitrogen and oxygen atoms in total. The molecule has 0 saturated carbocycles. The number of rotatable bonds is 7. The first kappa shape index (κ1) is 26.6. The Balaban J connectivity index is 1.70. The van der Waals surface area contributed by atoms with E-state index in [2.05, 4.69) is 0 Å². The monoisotopic (exact) mass is 535 g/mol. The Labute approximate surface area is 232 Å². The van der Waals surface area contributed by atoms with Gasteiger partial charge in [0, 0.05) is 16.1 Å². The lowest BCUT2D eigenvalue weighted by molar-refractivity contribution is -0.531. The normalized spacial score (nSPS) is 22.7. The third-order valence-corrected chi connectivity index (χ3v) is 9.08. The van der Waals surface area contributed by atoms with Crippen LogP contribution in [0.5, 0.6) is 0 Å². The van der Waals surface area contributed by atoms with Gasteiger partial charge in [-0.1, -0.05) is 120 Å². The van der Waals surface area contributed by atoms with Gasteiger partial charge in [0.15, 0.2) is 11.6 Å². The van der Waals surface area contributed by atoms with Crippen LogP contribution in [0.2, 0.25) is 0 Å². The van der Waals surface area contributed by atoms with Crippen molar-refractivity contribution in [2.24, 2.45) is 0 Å². The molecule has 39 heavy (non-hydrogen) atoms. The van der Waals surface area contributed by atoms with Crippen LogP contribution in [-0.4, -0.2) is 33.0 Å². The van der Waals surface area contributed by atoms with Crippen molar-refractivity contribution < 1.29 is 14.5 Å². The van der Waals surface area contributed by atoms with Gasteiger partial charge in [0.1, 0.15) is 0 Å². The first-order valence-corrected chi connectivity index (χ1v) is 13.9. The second-order valence-electron chi connectivity index (χ2n) is 10.1. The van der Waals surface area contributed by atoms with E-state index in [9.17, 15) is 19.7 Å². The fourth-order valence-electron chi connectivity index (χ4n) is 5.48. The molecule has 4 aromatic rings. The van der Waals surface area contributed by atoms with Gasteiger partial charge in [-0.3, -0.25) is 19.7 Å². The lowest BCUT2D eigenvalue weighted by atomic mass is 9.74. The summed E-state index contributed by atoms with van der Waals surface area (Å²) in [6.07, 6.45) is 0. The fraction of sp³-hybridized carbons (Fsp3) is 0.212. The summed E-state index contributed by atoms with van der Waals surface area (Å²) in [5.74, 6) is -1.86. The van der Waals surface area contributed by atoms with E-state index >= 15 is 0 Å². The molecule has 1 saturated heterocycles. The van der Waals surface area contributed by atoms with Crippen molar-refractivity contribution in [3.05, 3.63) is 153 Å². The predicted molar refractivity (Wildman–Crippen MR) is 155 cm³/mol. The van der Waals surface area contributed by atoms with Crippen molar-refractivity contribution in [1.82, 2.24) is 0 Å². The van der Waals surface area contributed by atoms with Crippen molar-refractivity contribution in [3.63, 3.8) is 0 Å². The summed E-state index contributed by atoms with van der Waals surface area (Å²) in [6.45, 7) is 3.89. The summed E-state index contributed by atoms with van der Waals surface area (Å²) in [5.41, 5.74) is 4.45. The molecule has 0 unspecified atom stereocenters. The predicted octanol–water partition coefficient (Wildman–Crippen LogP) is 7.07. The number of nitro groups is 1. The standard InChI is InChI=1S/C33H29NO4S/c1-21-13-17-25(18-14-21)30(35)32-27(23-9-5-3-6-10-23)29(34(37)38)28(24-11-7-4-8-12-24)33(39-32)31(36)26-19-15-22(2)16-20-26/h3-20,27-29,32-33H,1-2H3/t27-,28-,32-,33-/m0/s1. The van der Waals surface area contributed by atoms with E-state index in [1.54, 1.807) is 24.3 Å². The number of benzene rings is 4. The maximum Gasteiger partial charge on any atom is 0.229 e. The van der Waals surface area contributed by atoms with E-state index in [0.29, 0.717) is 11.1 Å². The van der Waals surface area contributed by atoms with E-state index in [1.807, 2.05) is 98.8 Å². The molecular weight excluding hydrogens is 506 g/mol. The SMILES string of the molecule is Cc1ccc(C(=O)[C@H]2S[C@H](C(=O)c3ccc(C)cc3)[C@@H](c3ccccc3)C([N+](=O)[O-])[C@@H]2c2ccccc2)cc1. The minimum atomic E-state index is -1.19. The summed E-state index contributed by atoms with van der Waals surface area (Å²) in [7, 11) is 0. The van der Waals surface area contributed by atoms with Gasteiger partial charge >= 0.3 is 0 Å². The maximum absolute atomic E-state index is 14.1. The molecule has 0 bridgehead atoms. The van der Waals surface area contributed by atoms with Gasteiger partial charge in [-0.05, 0) is 25.0 Å². The maximum atomic E-state index is 14.1. The minimum absolute atomic E-state index is 0.200. The zero-order valence-corrected chi connectivity index (χ0v) is 22.6. The second-order valence-corrected chi connectivity index (χ2v) is 11.4. The van der Waals surface area contributed by atoms with E-state index < -0.39 is 28.4 Å². The van der Waals surface area contributed by atoms with Crippen LogP contribution in [0.25, 0.3) is 0 Å². The Morgan fingerprint density at radius 1 is 0.615 bits per heavy atom. The molecule has 0 spiro atoms. The highest BCUT2D eigenvalue weighted by Gasteiger charge is 2.57. The van der Waals surface area contributed by atoms with Crippen molar-refractivity contribution in [2.45, 2.75) is 42.2 Å². The van der Waals surface area contributed by atoms with Crippen LogP contribution in [0.1, 0.15) is 54.8 Å². The second kappa shape index (κ2) is 11.4. The van der Waals surface area contributed by atoms with Crippen LogP contribution in [0.15, 0.2) is 109 Å². The van der Waals surface area contributed by atoms with Crippen LogP contribution in [0.4, 0.5) is 0 Å². The highest BCUT2D eigenvalue weighted by molar-refractivity contribution is 8.02. The molecule has 0 aliphatic carbocycles. The van der Waals surface area contributed by atoms with Crippen molar-refractivity contribution in [1.29, 1.82) is 0 Å². The third-order valence-electron chi connectivity index (χ3n) is 7.48. The van der Waals surface area contributed by atoms with Gasteiger partial charge in [-0.15, -0.1) is 11.8 Å². The third kappa shape index (κ3) is 5.43. The van der Waals surface area contributed by atoms with Crippen molar-refractivity contribution >= 4 is 23.3 Å². The average molecular weight is 536 g/mol. The Morgan fingerprint density at radius 3 is 1.31 bits per heavy atom. The van der Waals surface area contributed by atoms with Crippen LogP contribution in [-0.2, 0) is 0 Å². The topological polar surface area (TPSA) is 77.3 Å². The van der Waals surface area contributed by atoms with E-state index in [1.165, 1.54) is 11.8 Å². The molecule has 1 fully saturated rings. The summed E-state index contributed by atoms with van der Waals surface area (Å²) >= 11 is 1.27. The molecule has 0 amide bonds. The molecule has 6 heteroatoms. The summed E-state index contributed by atoms with van der Waals surface area (Å²) in [5, 5.41) is 11.4. The number of aryl methyl sites for hydroxylation is 2. The fourth-order valence-corrected chi connectivity index (χ4v) is 7.29. The zero-order chi connectivity index (χ0) is 27.5. The van der Waals surface area contributed by atoms with Gasteiger partial charge in [0.05, 0.1) is 22.3 Å². The van der Waals surface area contributed by atoms with E-state index in [-0.39, 0.29) is 16.5 Å². The molecule has 196 valence electrons. The summed E-state index contributed by atoms with van der Waals surface area (Å²) in [6, 6.07) is 31.8. The molecule has 1 heterocycles. The Morgan fingerprint density at radius 2 is 0.974 bits per heavy atom. The lowest BCUT2D eigenvalue weighted by Gasteiger charge is -2.42. The van der Waals surface area contributed by atoms with Gasteiger partial charge < -0.3 is 0 Å². The van der Waals surface area contributed by atoms with Crippen LogP contribution >= 0.6 is 11.8 Å². The lowest BCUT2D eigenvalue weighted by Crippen LogP contribution is -2.51. The zero-order valence-electron chi connectivity index (χ0n) is 21.8. The molecule has 1 aliphatic heterocycles. The van der Waals surface area contributed by atoms with Crippen LogP contribution in [0.3, 0.4) is 0 Å². The number of Topliss-reactive ketones (excluding diaryl/α,β-unsaturated/α-hetero) is 2. The summed E-state index contributed by atoms with van der Waals surface area (Å²) in [4.78, 5) is 40.9. The Kier molecular flexibility index (Phi) is 7.75. The quantitative estimate of drug-likeness (QED) is 0.144. The molecule has 0 radical (unpaired) electrons. The number of carbonyl (C=O) groups excluding carboxylic acids is 2. The van der Waals surface area contributed by atoms with Gasteiger partial charge in [-0.2, -0.15) is 0 Å². The first-order valence-electron chi connectivity index (χ1n) is 13.0. The number of thioether (sulfide) groups is 1. The molecule has 4 atom stereocenters. The van der Waals surface area contributed by atoms with Gasteiger partial charge in [0.2, 0.25) is 6.04 Å². The molecule has 0 N–H and O–H groups in total. The van der Waals surface area contributed by atoms with Gasteiger partial charge in [0.25, 0.3) is 0 Å². The van der Waals surface area contributed by atoms with Crippen molar-refractivity contribution in [3.8, 4) is 0 Å². The smallest absolute Gasteiger partial charge is 0.229 e. The number of ketones is 2. The number of nitrogens with zero attached hydrogens (tertiary/aromatic N) is 1. The molecular formula is C33H29NO4S. The molecule has 5 rings (SSSR count). The van der Waals surface area contributed by atoms with Gasteiger partial charge in [-0.25, -0.2) is 0 Å².